The molecule has 1 aliphatic rings. The predicted octanol–water partition coefficient (Wildman–Crippen LogP) is 1.92. The highest BCUT2D eigenvalue weighted by molar-refractivity contribution is 5.85. The monoisotopic (exact) mass is 355 g/mol. The van der Waals surface area contributed by atoms with Gasteiger partial charge in [0.15, 0.2) is 0 Å². The Kier molecular flexibility index (Phi) is 5.71. The summed E-state index contributed by atoms with van der Waals surface area (Å²) in [6.45, 7) is 0.888. The Bertz CT molecular complexity index is 670. The van der Waals surface area contributed by atoms with Crippen molar-refractivity contribution in [3.8, 4) is 0 Å². The van der Waals surface area contributed by atoms with Crippen LogP contribution >= 0.6 is 0 Å². The predicted molar refractivity (Wildman–Crippen MR) is 98.5 cm³/mol. The van der Waals surface area contributed by atoms with Gasteiger partial charge in [0.2, 0.25) is 5.60 Å². The van der Waals surface area contributed by atoms with Crippen LogP contribution in [0.1, 0.15) is 24.0 Å². The Morgan fingerprint density at radius 2 is 1.65 bits per heavy atom. The summed E-state index contributed by atoms with van der Waals surface area (Å²) in [7, 11) is 1.90. The Hall–Kier alpha value is -2.21. The topological polar surface area (TPSA) is 70.0 Å². The number of hydrogen-bond acceptors (Lipinski definition) is 5. The molecule has 5 nitrogen and oxygen atoms in total. The molecule has 2 N–H and O–H groups in total. The summed E-state index contributed by atoms with van der Waals surface area (Å²) in [6.07, 6.45) is 1.07. The molecule has 3 rings (SSSR count). The summed E-state index contributed by atoms with van der Waals surface area (Å²) >= 11 is 0. The molecule has 0 saturated carbocycles. The lowest BCUT2D eigenvalue weighted by atomic mass is 9.86. The maximum atomic E-state index is 12.9. The molecule has 0 aliphatic carbocycles. The number of benzene rings is 2. The fraction of sp³-hybridized carbons (Fsp3) is 0.381. The second kappa shape index (κ2) is 7.99. The van der Waals surface area contributed by atoms with Gasteiger partial charge >= 0.3 is 5.97 Å². The van der Waals surface area contributed by atoms with Crippen molar-refractivity contribution in [1.82, 2.24) is 4.90 Å². The molecule has 0 spiro atoms. The third kappa shape index (κ3) is 3.65. The van der Waals surface area contributed by atoms with Gasteiger partial charge in [-0.3, -0.25) is 4.90 Å². The summed E-state index contributed by atoms with van der Waals surface area (Å²) in [5, 5.41) is 21.5. The van der Waals surface area contributed by atoms with Crippen LogP contribution in [-0.4, -0.2) is 53.4 Å². The van der Waals surface area contributed by atoms with E-state index in [-0.39, 0.29) is 12.6 Å². The molecule has 1 saturated heterocycles. The summed E-state index contributed by atoms with van der Waals surface area (Å²) < 4.78 is 5.51. The van der Waals surface area contributed by atoms with E-state index in [1.807, 2.05) is 24.1 Å². The highest BCUT2D eigenvalue weighted by Gasteiger charge is 2.42. The van der Waals surface area contributed by atoms with Crippen molar-refractivity contribution in [2.45, 2.75) is 30.6 Å². The lowest BCUT2D eigenvalue weighted by molar-refractivity contribution is -0.165. The van der Waals surface area contributed by atoms with Crippen LogP contribution in [0.3, 0.4) is 0 Å². The number of nitrogens with zero attached hydrogens (tertiary/aromatic N) is 1. The van der Waals surface area contributed by atoms with Gasteiger partial charge in [-0.25, -0.2) is 4.79 Å². The summed E-state index contributed by atoms with van der Waals surface area (Å²) in [5.41, 5.74) is -0.983. The first-order valence-corrected chi connectivity index (χ1v) is 8.92. The zero-order valence-corrected chi connectivity index (χ0v) is 14.9. The molecule has 0 radical (unpaired) electrons. The maximum Gasteiger partial charge on any atom is 0.347 e. The molecule has 26 heavy (non-hydrogen) atoms. The zero-order valence-electron chi connectivity index (χ0n) is 14.9. The third-order valence-corrected chi connectivity index (χ3v) is 5.08. The fourth-order valence-electron chi connectivity index (χ4n) is 3.47. The number of esters is 1. The van der Waals surface area contributed by atoms with Crippen molar-refractivity contribution in [3.63, 3.8) is 0 Å². The molecule has 1 fully saturated rings. The van der Waals surface area contributed by atoms with Crippen LogP contribution < -0.4 is 0 Å². The number of ether oxygens (including phenoxy) is 1. The van der Waals surface area contributed by atoms with Crippen molar-refractivity contribution in [1.29, 1.82) is 0 Å². The first-order chi connectivity index (χ1) is 12.5. The van der Waals surface area contributed by atoms with Crippen LogP contribution in [0.15, 0.2) is 60.7 Å². The number of likely N-dealkylation sites (N-methyl/N-ethyl adjacent to an activating group) is 1. The van der Waals surface area contributed by atoms with E-state index in [1.165, 1.54) is 0 Å². The van der Waals surface area contributed by atoms with Crippen LogP contribution in [0.25, 0.3) is 0 Å². The van der Waals surface area contributed by atoms with E-state index in [9.17, 15) is 15.0 Å². The number of piperidine rings is 1. The average molecular weight is 355 g/mol. The number of carbonyl (C=O) groups excluding carboxylic acids is 1. The Morgan fingerprint density at radius 3 is 2.15 bits per heavy atom. The van der Waals surface area contributed by atoms with E-state index in [1.54, 1.807) is 48.5 Å². The zero-order chi connectivity index (χ0) is 18.6. The van der Waals surface area contributed by atoms with Crippen molar-refractivity contribution >= 4 is 5.97 Å². The van der Waals surface area contributed by atoms with Gasteiger partial charge in [-0.1, -0.05) is 60.7 Å². The van der Waals surface area contributed by atoms with Gasteiger partial charge in [0.1, 0.15) is 6.61 Å². The molecule has 2 aromatic carbocycles. The first-order valence-electron chi connectivity index (χ1n) is 8.92. The van der Waals surface area contributed by atoms with E-state index < -0.39 is 17.7 Å². The maximum absolute atomic E-state index is 12.9. The molecule has 5 heteroatoms. The fourth-order valence-corrected chi connectivity index (χ4v) is 3.47. The highest BCUT2D eigenvalue weighted by Crippen LogP contribution is 2.31. The minimum absolute atomic E-state index is 0.0402. The van der Waals surface area contributed by atoms with Crippen LogP contribution in [0.4, 0.5) is 0 Å². The Morgan fingerprint density at radius 1 is 1.12 bits per heavy atom. The minimum atomic E-state index is -1.89. The molecule has 1 aliphatic heterocycles. The SMILES string of the molecule is CN1CCC[C@H](O)[C@@H]1COC(=O)C(O)(c1ccccc1)c1ccccc1. The van der Waals surface area contributed by atoms with Crippen molar-refractivity contribution in [2.75, 3.05) is 20.2 Å². The number of carbonyl (C=O) groups is 1. The average Bonchev–Trinajstić information content (AvgIpc) is 2.68. The molecule has 0 amide bonds. The van der Waals surface area contributed by atoms with E-state index in [2.05, 4.69) is 0 Å². The van der Waals surface area contributed by atoms with Gasteiger partial charge in [-0.05, 0) is 37.6 Å². The molecular formula is C21H25NO4. The second-order valence-electron chi connectivity index (χ2n) is 6.80. The lowest BCUT2D eigenvalue weighted by Gasteiger charge is -2.36. The summed E-state index contributed by atoms with van der Waals surface area (Å²) in [4.78, 5) is 14.9. The normalized spacial score (nSPS) is 21.3. The van der Waals surface area contributed by atoms with E-state index in [4.69, 9.17) is 4.74 Å². The number of aliphatic hydroxyl groups is 2. The van der Waals surface area contributed by atoms with Crippen LogP contribution in [0.2, 0.25) is 0 Å². The quantitative estimate of drug-likeness (QED) is 0.802. The molecule has 2 aromatic rings. The van der Waals surface area contributed by atoms with Crippen LogP contribution in [0, 0.1) is 0 Å². The molecular weight excluding hydrogens is 330 g/mol. The first kappa shape index (κ1) is 18.6. The molecule has 0 unspecified atom stereocenters. The Labute approximate surface area is 153 Å². The second-order valence-corrected chi connectivity index (χ2v) is 6.80. The van der Waals surface area contributed by atoms with Crippen molar-refractivity contribution < 1.29 is 19.7 Å². The number of aliphatic hydroxyl groups excluding tert-OH is 1. The minimum Gasteiger partial charge on any atom is -0.461 e. The molecule has 2 atom stereocenters. The standard InChI is InChI=1S/C21H25NO4/c1-22-14-8-13-19(23)18(22)15-26-20(24)21(25,16-9-4-2-5-10-16)17-11-6-3-7-12-17/h2-7,9-12,18-19,23,25H,8,13-15H2,1H3/t18-,19-/m0/s1. The lowest BCUT2D eigenvalue weighted by Crippen LogP contribution is -2.50. The van der Waals surface area contributed by atoms with Gasteiger partial charge in [-0.15, -0.1) is 0 Å². The number of rotatable bonds is 5. The van der Waals surface area contributed by atoms with E-state index >= 15 is 0 Å². The van der Waals surface area contributed by atoms with Crippen LogP contribution in [-0.2, 0) is 15.1 Å². The van der Waals surface area contributed by atoms with E-state index in [0.717, 1.165) is 13.0 Å². The molecule has 0 bridgehead atoms. The van der Waals surface area contributed by atoms with Crippen molar-refractivity contribution in [3.05, 3.63) is 71.8 Å². The highest BCUT2D eigenvalue weighted by atomic mass is 16.6. The summed E-state index contributed by atoms with van der Waals surface area (Å²) in [6, 6.07) is 17.3. The van der Waals surface area contributed by atoms with Crippen LogP contribution in [0.5, 0.6) is 0 Å². The smallest absolute Gasteiger partial charge is 0.347 e. The number of hydrogen-bond donors (Lipinski definition) is 2. The Balaban J connectivity index is 1.84. The van der Waals surface area contributed by atoms with E-state index in [0.29, 0.717) is 17.5 Å². The number of likely N-dealkylation sites (tertiary alicyclic amines) is 1. The van der Waals surface area contributed by atoms with Gasteiger partial charge < -0.3 is 14.9 Å². The molecule has 0 aromatic heterocycles. The van der Waals surface area contributed by atoms with Gasteiger partial charge in [0.25, 0.3) is 0 Å². The van der Waals surface area contributed by atoms with Crippen molar-refractivity contribution in [2.24, 2.45) is 0 Å². The molecule has 138 valence electrons. The summed E-state index contributed by atoms with van der Waals surface area (Å²) in [5.74, 6) is -0.735. The van der Waals surface area contributed by atoms with Gasteiger partial charge in [0.05, 0.1) is 12.1 Å². The third-order valence-electron chi connectivity index (χ3n) is 5.08. The van der Waals surface area contributed by atoms with Gasteiger partial charge in [-0.2, -0.15) is 0 Å². The van der Waals surface area contributed by atoms with Gasteiger partial charge in [0, 0.05) is 0 Å². The largest absolute Gasteiger partial charge is 0.461 e. The molecule has 1 heterocycles.